The average Bonchev–Trinajstić information content (AvgIpc) is 3.13. The highest BCUT2D eigenvalue weighted by Gasteiger charge is 2.29. The zero-order valence-electron chi connectivity index (χ0n) is 16.9. The first-order valence-corrected chi connectivity index (χ1v) is 10.0. The summed E-state index contributed by atoms with van der Waals surface area (Å²) in [5.41, 5.74) is 2.97. The van der Waals surface area contributed by atoms with Crippen molar-refractivity contribution in [3.05, 3.63) is 71.8 Å². The van der Waals surface area contributed by atoms with Crippen LogP contribution in [0.1, 0.15) is 54.9 Å². The van der Waals surface area contributed by atoms with Crippen LogP contribution in [0.5, 0.6) is 0 Å². The van der Waals surface area contributed by atoms with Crippen molar-refractivity contribution in [2.75, 3.05) is 0 Å². The van der Waals surface area contributed by atoms with Crippen LogP contribution in [-0.4, -0.2) is 31.2 Å². The summed E-state index contributed by atoms with van der Waals surface area (Å²) in [6.45, 7) is 7.15. The van der Waals surface area contributed by atoms with E-state index < -0.39 is 5.97 Å². The molecule has 0 aliphatic carbocycles. The molecule has 2 aromatic carbocycles. The summed E-state index contributed by atoms with van der Waals surface area (Å²) in [5.74, 6) is 0.187. The third-order valence-corrected chi connectivity index (χ3v) is 5.28. The van der Waals surface area contributed by atoms with Crippen molar-refractivity contribution < 1.29 is 9.90 Å². The molecule has 3 rings (SSSR count). The molecule has 0 spiro atoms. The molecule has 0 radical (unpaired) electrons. The van der Waals surface area contributed by atoms with E-state index in [1.165, 1.54) is 0 Å². The highest BCUT2D eigenvalue weighted by molar-refractivity contribution is 7.78. The Balaban J connectivity index is 1.86. The number of aromatic nitrogens is 3. The maximum absolute atomic E-state index is 11.5. The van der Waals surface area contributed by atoms with Crippen LogP contribution in [0.2, 0.25) is 0 Å². The number of hydrogen-bond donors (Lipinski definition) is 1. The minimum Gasteiger partial charge on any atom is -0.478 e. The number of benzene rings is 2. The number of hydrogen-bond acceptors (Lipinski definition) is 4. The van der Waals surface area contributed by atoms with Gasteiger partial charge in [0, 0.05) is 5.92 Å². The second kappa shape index (κ2) is 8.66. The van der Waals surface area contributed by atoms with E-state index in [9.17, 15) is 9.90 Å². The smallest absolute Gasteiger partial charge is 0.336 e. The Morgan fingerprint density at radius 3 is 2.48 bits per heavy atom. The van der Waals surface area contributed by atoms with Crippen LogP contribution in [0, 0.1) is 5.41 Å². The second-order valence-electron chi connectivity index (χ2n) is 8.14. The van der Waals surface area contributed by atoms with Crippen molar-refractivity contribution >= 4 is 23.6 Å². The van der Waals surface area contributed by atoms with Gasteiger partial charge >= 0.3 is 5.97 Å². The largest absolute Gasteiger partial charge is 0.478 e. The topological polar surface area (TPSA) is 68.0 Å². The molecular formula is C23H25N3O2S. The van der Waals surface area contributed by atoms with Gasteiger partial charge in [-0.2, -0.15) is 5.10 Å². The highest BCUT2D eigenvalue weighted by atomic mass is 32.1. The van der Waals surface area contributed by atoms with Crippen LogP contribution in [0.4, 0.5) is 0 Å². The van der Waals surface area contributed by atoms with Gasteiger partial charge in [-0.05, 0) is 40.0 Å². The molecule has 3 aromatic rings. The van der Waals surface area contributed by atoms with E-state index in [0.717, 1.165) is 23.4 Å². The number of rotatable bonds is 7. The minimum absolute atomic E-state index is 0.0183. The van der Waals surface area contributed by atoms with Crippen molar-refractivity contribution in [3.8, 4) is 11.1 Å². The maximum Gasteiger partial charge on any atom is 0.336 e. The molecule has 1 N–H and O–H groups in total. The van der Waals surface area contributed by atoms with Crippen LogP contribution in [0.15, 0.2) is 54.9 Å². The Labute approximate surface area is 176 Å². The van der Waals surface area contributed by atoms with Gasteiger partial charge in [0.15, 0.2) is 0 Å². The van der Waals surface area contributed by atoms with Crippen molar-refractivity contribution in [1.29, 1.82) is 0 Å². The number of thiocarbonyl (C=S) groups is 1. The summed E-state index contributed by atoms with van der Waals surface area (Å²) in [6, 6.07) is 14.9. The second-order valence-corrected chi connectivity index (χ2v) is 8.48. The Kier molecular flexibility index (Phi) is 6.23. The molecule has 0 bridgehead atoms. The summed E-state index contributed by atoms with van der Waals surface area (Å²) >= 11 is 5.11. The molecule has 1 aromatic heterocycles. The van der Waals surface area contributed by atoms with E-state index in [-0.39, 0.29) is 11.3 Å². The molecule has 1 unspecified atom stereocenters. The molecule has 0 amide bonds. The minimum atomic E-state index is -0.927. The number of aromatic carboxylic acids is 1. The van der Waals surface area contributed by atoms with Crippen molar-refractivity contribution in [2.24, 2.45) is 5.41 Å². The molecular weight excluding hydrogens is 382 g/mol. The highest BCUT2D eigenvalue weighted by Crippen LogP contribution is 2.36. The molecule has 0 saturated carbocycles. The zero-order valence-corrected chi connectivity index (χ0v) is 17.7. The molecule has 1 atom stereocenters. The normalized spacial score (nSPS) is 12.5. The van der Waals surface area contributed by atoms with Gasteiger partial charge in [0.2, 0.25) is 0 Å². The molecule has 0 aliphatic heterocycles. The van der Waals surface area contributed by atoms with Gasteiger partial charge in [0.1, 0.15) is 12.2 Å². The lowest BCUT2D eigenvalue weighted by molar-refractivity contribution is 0.0697. The van der Waals surface area contributed by atoms with Gasteiger partial charge in [-0.15, -0.1) is 0 Å². The molecule has 1 heterocycles. The monoisotopic (exact) mass is 407 g/mol. The van der Waals surface area contributed by atoms with E-state index in [1.807, 2.05) is 41.1 Å². The summed E-state index contributed by atoms with van der Waals surface area (Å²) in [7, 11) is 0. The Morgan fingerprint density at radius 2 is 1.86 bits per heavy atom. The first-order chi connectivity index (χ1) is 13.8. The number of nitrogens with zero attached hydrogens (tertiary/aromatic N) is 3. The fourth-order valence-electron chi connectivity index (χ4n) is 3.49. The third kappa shape index (κ3) is 4.77. The van der Waals surface area contributed by atoms with Crippen molar-refractivity contribution in [2.45, 2.75) is 39.7 Å². The Morgan fingerprint density at radius 1 is 1.17 bits per heavy atom. The SMILES string of the molecule is CC(C)(C)C(CC=S)c1ncnn1Cc1ccc(-c2ccccc2C(=O)O)cc1. The lowest BCUT2D eigenvalue weighted by atomic mass is 9.78. The molecule has 0 fully saturated rings. The van der Waals surface area contributed by atoms with E-state index in [4.69, 9.17) is 12.2 Å². The summed E-state index contributed by atoms with van der Waals surface area (Å²) in [4.78, 5) is 16.0. The van der Waals surface area contributed by atoms with E-state index in [0.29, 0.717) is 17.7 Å². The van der Waals surface area contributed by atoms with Crippen molar-refractivity contribution in [3.63, 3.8) is 0 Å². The van der Waals surface area contributed by atoms with Crippen LogP contribution < -0.4 is 0 Å². The van der Waals surface area contributed by atoms with Crippen molar-refractivity contribution in [1.82, 2.24) is 14.8 Å². The predicted octanol–water partition coefficient (Wildman–Crippen LogP) is 5.21. The summed E-state index contributed by atoms with van der Waals surface area (Å²) < 4.78 is 1.93. The standard InChI is InChI=1S/C23H25N3O2S/c1-23(2,3)20(12-13-29)21-24-15-25-26(21)14-16-8-10-17(11-9-16)18-6-4-5-7-19(18)22(27)28/h4-11,13,15,20H,12,14H2,1-3H3,(H,27,28). The van der Waals surface area contributed by atoms with Gasteiger partial charge < -0.3 is 5.11 Å². The zero-order chi connectivity index (χ0) is 21.0. The number of carboxylic acid groups (broad SMARTS) is 1. The fourth-order valence-corrected chi connectivity index (χ4v) is 3.68. The number of carbonyl (C=O) groups is 1. The maximum atomic E-state index is 11.5. The summed E-state index contributed by atoms with van der Waals surface area (Å²) in [5, 5.41) is 15.6. The van der Waals surface area contributed by atoms with Crippen LogP contribution >= 0.6 is 12.2 Å². The Hall–Kier alpha value is -2.86. The lowest BCUT2D eigenvalue weighted by Gasteiger charge is -2.29. The first-order valence-electron chi connectivity index (χ1n) is 9.54. The molecule has 0 saturated heterocycles. The van der Waals surface area contributed by atoms with E-state index in [1.54, 1.807) is 23.8 Å². The predicted molar refractivity (Wildman–Crippen MR) is 118 cm³/mol. The number of carboxylic acids is 1. The van der Waals surface area contributed by atoms with Gasteiger partial charge in [0.25, 0.3) is 0 Å². The Bertz CT molecular complexity index is 1000. The molecule has 6 heteroatoms. The van der Waals surface area contributed by atoms with Crippen LogP contribution in [0.3, 0.4) is 0 Å². The fraction of sp³-hybridized carbons (Fsp3) is 0.304. The van der Waals surface area contributed by atoms with Crippen LogP contribution in [-0.2, 0) is 6.54 Å². The first kappa shape index (κ1) is 20.9. The van der Waals surface area contributed by atoms with Gasteiger partial charge in [-0.25, -0.2) is 14.5 Å². The van der Waals surface area contributed by atoms with Gasteiger partial charge in [0.05, 0.1) is 12.1 Å². The average molecular weight is 408 g/mol. The summed E-state index contributed by atoms with van der Waals surface area (Å²) in [6.07, 6.45) is 2.36. The molecule has 150 valence electrons. The molecule has 0 aliphatic rings. The van der Waals surface area contributed by atoms with Gasteiger partial charge in [-0.1, -0.05) is 75.5 Å². The van der Waals surface area contributed by atoms with E-state index in [2.05, 4.69) is 30.9 Å². The lowest BCUT2D eigenvalue weighted by Crippen LogP contribution is -2.23. The van der Waals surface area contributed by atoms with Crippen LogP contribution in [0.25, 0.3) is 11.1 Å². The van der Waals surface area contributed by atoms with E-state index >= 15 is 0 Å². The molecule has 5 nitrogen and oxygen atoms in total. The third-order valence-electron chi connectivity index (χ3n) is 5.09. The van der Waals surface area contributed by atoms with Gasteiger partial charge in [-0.3, -0.25) is 0 Å². The molecule has 29 heavy (non-hydrogen) atoms. The quantitative estimate of drug-likeness (QED) is 0.545.